The molecule has 6 nitrogen and oxygen atoms in total. The Balaban J connectivity index is 1.93. The molecule has 1 heterocycles. The number of ether oxygens (including phenoxy) is 2. The normalized spacial score (nSPS) is 10.0. The maximum absolute atomic E-state index is 5.26. The predicted octanol–water partition coefficient (Wildman–Crippen LogP) is 1.54. The van der Waals surface area contributed by atoms with Crippen molar-refractivity contribution in [3.63, 3.8) is 0 Å². The summed E-state index contributed by atoms with van der Waals surface area (Å²) in [6, 6.07) is 5.88. The van der Waals surface area contributed by atoms with Gasteiger partial charge in [-0.1, -0.05) is 6.07 Å². The summed E-state index contributed by atoms with van der Waals surface area (Å²) in [4.78, 5) is 11.7. The average molecular weight is 260 g/mol. The summed E-state index contributed by atoms with van der Waals surface area (Å²) in [5, 5.41) is 3.12. The van der Waals surface area contributed by atoms with Gasteiger partial charge in [0.2, 0.25) is 5.95 Å². The zero-order valence-corrected chi connectivity index (χ0v) is 11.0. The van der Waals surface area contributed by atoms with E-state index < -0.39 is 0 Å². The fourth-order valence-corrected chi connectivity index (χ4v) is 1.69. The minimum absolute atomic E-state index is 0.579. The minimum Gasteiger partial charge on any atom is -0.493 e. The maximum atomic E-state index is 5.26. The summed E-state index contributed by atoms with van der Waals surface area (Å²) in [7, 11) is 3.25. The van der Waals surface area contributed by atoms with E-state index in [1.807, 2.05) is 18.2 Å². The van der Waals surface area contributed by atoms with Gasteiger partial charge in [-0.25, -0.2) is 15.0 Å². The molecule has 2 aromatic rings. The van der Waals surface area contributed by atoms with E-state index in [0.717, 1.165) is 30.0 Å². The van der Waals surface area contributed by atoms with Crippen molar-refractivity contribution < 1.29 is 9.47 Å². The smallest absolute Gasteiger partial charge is 0.225 e. The Morgan fingerprint density at radius 1 is 1.05 bits per heavy atom. The molecule has 0 aliphatic heterocycles. The van der Waals surface area contributed by atoms with Gasteiger partial charge in [0.05, 0.1) is 14.2 Å². The first-order valence-electron chi connectivity index (χ1n) is 5.90. The number of nitrogens with zero attached hydrogens (tertiary/aromatic N) is 3. The van der Waals surface area contributed by atoms with Crippen LogP contribution < -0.4 is 14.8 Å². The first kappa shape index (κ1) is 13.1. The fourth-order valence-electron chi connectivity index (χ4n) is 1.69. The van der Waals surface area contributed by atoms with E-state index in [0.29, 0.717) is 5.95 Å². The fraction of sp³-hybridized carbons (Fsp3) is 0.308. The molecular weight excluding hydrogens is 244 g/mol. The molecule has 0 bridgehead atoms. The van der Waals surface area contributed by atoms with E-state index in [1.165, 1.54) is 12.7 Å². The number of nitrogens with one attached hydrogen (secondary N) is 1. The monoisotopic (exact) mass is 260 g/mol. The van der Waals surface area contributed by atoms with E-state index in [9.17, 15) is 0 Å². The largest absolute Gasteiger partial charge is 0.493 e. The topological polar surface area (TPSA) is 69.2 Å². The lowest BCUT2D eigenvalue weighted by Crippen LogP contribution is -2.08. The van der Waals surface area contributed by atoms with Crippen molar-refractivity contribution in [1.82, 2.24) is 15.0 Å². The second-order valence-electron chi connectivity index (χ2n) is 3.83. The van der Waals surface area contributed by atoms with Gasteiger partial charge in [-0.05, 0) is 24.1 Å². The van der Waals surface area contributed by atoms with Crippen molar-refractivity contribution in [2.24, 2.45) is 0 Å². The third kappa shape index (κ3) is 3.54. The average Bonchev–Trinajstić information content (AvgIpc) is 2.48. The van der Waals surface area contributed by atoms with Gasteiger partial charge in [0.1, 0.15) is 12.7 Å². The van der Waals surface area contributed by atoms with Gasteiger partial charge in [-0.3, -0.25) is 0 Å². The third-order valence-electron chi connectivity index (χ3n) is 2.64. The molecule has 0 aliphatic rings. The minimum atomic E-state index is 0.579. The Labute approximate surface area is 111 Å². The predicted molar refractivity (Wildman–Crippen MR) is 71.6 cm³/mol. The molecule has 19 heavy (non-hydrogen) atoms. The second-order valence-corrected chi connectivity index (χ2v) is 3.83. The lowest BCUT2D eigenvalue weighted by molar-refractivity contribution is 0.354. The Kier molecular flexibility index (Phi) is 4.49. The van der Waals surface area contributed by atoms with Crippen LogP contribution in [0.15, 0.2) is 30.9 Å². The lowest BCUT2D eigenvalue weighted by atomic mass is 10.1. The summed E-state index contributed by atoms with van der Waals surface area (Å²) < 4.78 is 10.5. The highest BCUT2D eigenvalue weighted by Crippen LogP contribution is 2.27. The number of anilines is 1. The van der Waals surface area contributed by atoms with E-state index in [2.05, 4.69) is 20.3 Å². The molecule has 0 fully saturated rings. The van der Waals surface area contributed by atoms with Crippen LogP contribution >= 0.6 is 0 Å². The maximum Gasteiger partial charge on any atom is 0.225 e. The van der Waals surface area contributed by atoms with Gasteiger partial charge in [0, 0.05) is 6.54 Å². The van der Waals surface area contributed by atoms with Crippen molar-refractivity contribution in [3.05, 3.63) is 36.4 Å². The first-order valence-corrected chi connectivity index (χ1v) is 5.90. The second kappa shape index (κ2) is 6.53. The van der Waals surface area contributed by atoms with Crippen molar-refractivity contribution in [2.45, 2.75) is 6.42 Å². The number of hydrogen-bond donors (Lipinski definition) is 1. The molecule has 1 aromatic carbocycles. The Hall–Kier alpha value is -2.37. The van der Waals surface area contributed by atoms with Crippen molar-refractivity contribution in [1.29, 1.82) is 0 Å². The number of methoxy groups -OCH3 is 2. The number of benzene rings is 1. The van der Waals surface area contributed by atoms with Crippen LogP contribution in [0, 0.1) is 0 Å². The molecule has 1 aromatic heterocycles. The standard InChI is InChI=1S/C13H16N4O2/c1-18-11-4-3-10(7-12(11)19-2)5-6-15-13-16-8-14-9-17-13/h3-4,7-9H,5-6H2,1-2H3,(H,14,15,16,17). The highest BCUT2D eigenvalue weighted by molar-refractivity contribution is 5.43. The molecule has 0 radical (unpaired) electrons. The molecule has 100 valence electrons. The van der Waals surface area contributed by atoms with Crippen molar-refractivity contribution >= 4 is 5.95 Å². The Bertz CT molecular complexity index is 519. The van der Waals surface area contributed by atoms with Crippen molar-refractivity contribution in [3.8, 4) is 11.5 Å². The van der Waals surface area contributed by atoms with Crippen LogP contribution in [0.2, 0.25) is 0 Å². The van der Waals surface area contributed by atoms with Gasteiger partial charge in [-0.2, -0.15) is 0 Å². The zero-order chi connectivity index (χ0) is 13.5. The van der Waals surface area contributed by atoms with E-state index >= 15 is 0 Å². The highest BCUT2D eigenvalue weighted by Gasteiger charge is 2.04. The highest BCUT2D eigenvalue weighted by atomic mass is 16.5. The zero-order valence-electron chi connectivity index (χ0n) is 11.0. The van der Waals surface area contributed by atoms with Gasteiger partial charge >= 0.3 is 0 Å². The summed E-state index contributed by atoms with van der Waals surface area (Å²) in [5.41, 5.74) is 1.15. The Morgan fingerprint density at radius 3 is 2.47 bits per heavy atom. The summed E-state index contributed by atoms with van der Waals surface area (Å²) in [6.07, 6.45) is 3.77. The van der Waals surface area contributed by atoms with Gasteiger partial charge in [-0.15, -0.1) is 0 Å². The summed E-state index contributed by atoms with van der Waals surface area (Å²) in [5.74, 6) is 2.05. The van der Waals surface area contributed by atoms with Crippen LogP contribution in [0.25, 0.3) is 0 Å². The quantitative estimate of drug-likeness (QED) is 0.849. The molecule has 2 rings (SSSR count). The SMILES string of the molecule is COc1ccc(CCNc2ncncn2)cc1OC. The number of hydrogen-bond acceptors (Lipinski definition) is 6. The third-order valence-corrected chi connectivity index (χ3v) is 2.64. The molecule has 0 unspecified atom stereocenters. The van der Waals surface area contributed by atoms with Gasteiger partial charge in [0.25, 0.3) is 0 Å². The molecule has 1 N–H and O–H groups in total. The van der Waals surface area contributed by atoms with Crippen LogP contribution in [0.3, 0.4) is 0 Å². The summed E-state index contributed by atoms with van der Waals surface area (Å²) >= 11 is 0. The lowest BCUT2D eigenvalue weighted by Gasteiger charge is -2.09. The molecule has 0 atom stereocenters. The van der Waals surface area contributed by atoms with Crippen molar-refractivity contribution in [2.75, 3.05) is 26.1 Å². The molecule has 0 amide bonds. The molecule has 0 spiro atoms. The number of aromatic nitrogens is 3. The molecule has 0 saturated heterocycles. The molecule has 0 saturated carbocycles. The van der Waals surface area contributed by atoms with Crippen LogP contribution in [0.1, 0.15) is 5.56 Å². The first-order chi connectivity index (χ1) is 9.33. The Morgan fingerprint density at radius 2 is 1.79 bits per heavy atom. The number of rotatable bonds is 6. The van der Waals surface area contributed by atoms with Crippen LogP contribution in [0.4, 0.5) is 5.95 Å². The van der Waals surface area contributed by atoms with Crippen LogP contribution in [-0.2, 0) is 6.42 Å². The molecule has 0 aliphatic carbocycles. The van der Waals surface area contributed by atoms with E-state index in [4.69, 9.17) is 9.47 Å². The van der Waals surface area contributed by atoms with Crippen LogP contribution in [-0.4, -0.2) is 35.7 Å². The molecular formula is C13H16N4O2. The van der Waals surface area contributed by atoms with Gasteiger partial charge in [0.15, 0.2) is 11.5 Å². The summed E-state index contributed by atoms with van der Waals surface area (Å²) in [6.45, 7) is 0.736. The van der Waals surface area contributed by atoms with Crippen LogP contribution in [0.5, 0.6) is 11.5 Å². The molecule has 6 heteroatoms. The van der Waals surface area contributed by atoms with E-state index in [-0.39, 0.29) is 0 Å². The van der Waals surface area contributed by atoms with E-state index in [1.54, 1.807) is 14.2 Å². The van der Waals surface area contributed by atoms with Gasteiger partial charge < -0.3 is 14.8 Å².